The molecule has 2 amide bonds. The first-order chi connectivity index (χ1) is 13.5. The average Bonchev–Trinajstić information content (AvgIpc) is 3.26. The van der Waals surface area contributed by atoms with Crippen molar-refractivity contribution in [1.82, 2.24) is 15.2 Å². The number of halogens is 1. The van der Waals surface area contributed by atoms with Crippen LogP contribution in [0.25, 0.3) is 11.0 Å². The summed E-state index contributed by atoms with van der Waals surface area (Å²) < 4.78 is 5.81. The summed E-state index contributed by atoms with van der Waals surface area (Å²) in [7, 11) is 0. The SMILES string of the molecule is C[C@H](NC(=O)[C@@H]1CC(=O)N(Cc2ccccn2)C1)c1cc2cc(Cl)ccc2o1. The fourth-order valence-corrected chi connectivity index (χ4v) is 3.62. The first kappa shape index (κ1) is 18.5. The minimum atomic E-state index is -0.377. The monoisotopic (exact) mass is 397 g/mol. The topological polar surface area (TPSA) is 75.4 Å². The second-order valence-corrected chi connectivity index (χ2v) is 7.49. The molecular formula is C21H20ClN3O3. The van der Waals surface area contributed by atoms with E-state index in [1.54, 1.807) is 23.2 Å². The molecule has 144 valence electrons. The Hall–Kier alpha value is -2.86. The molecule has 1 aromatic carbocycles. The molecule has 0 aliphatic carbocycles. The Balaban J connectivity index is 1.39. The quantitative estimate of drug-likeness (QED) is 0.712. The predicted octanol–water partition coefficient (Wildman–Crippen LogP) is 3.71. The van der Waals surface area contributed by atoms with Crippen LogP contribution in [-0.4, -0.2) is 28.2 Å². The molecule has 2 atom stereocenters. The van der Waals surface area contributed by atoms with Gasteiger partial charge in [-0.1, -0.05) is 17.7 Å². The van der Waals surface area contributed by atoms with E-state index in [9.17, 15) is 9.59 Å². The smallest absolute Gasteiger partial charge is 0.226 e. The van der Waals surface area contributed by atoms with Gasteiger partial charge in [-0.05, 0) is 43.3 Å². The minimum Gasteiger partial charge on any atom is -0.459 e. The molecule has 4 rings (SSSR count). The molecule has 3 aromatic rings. The number of amides is 2. The van der Waals surface area contributed by atoms with E-state index < -0.39 is 0 Å². The van der Waals surface area contributed by atoms with Gasteiger partial charge >= 0.3 is 0 Å². The molecule has 0 radical (unpaired) electrons. The van der Waals surface area contributed by atoms with Crippen LogP contribution in [0.1, 0.15) is 30.8 Å². The summed E-state index contributed by atoms with van der Waals surface area (Å²) in [5.41, 5.74) is 1.53. The van der Waals surface area contributed by atoms with Gasteiger partial charge in [0.05, 0.1) is 24.2 Å². The molecule has 1 fully saturated rings. The normalized spacial score (nSPS) is 17.9. The summed E-state index contributed by atoms with van der Waals surface area (Å²) in [6.45, 7) is 2.67. The number of likely N-dealkylation sites (tertiary alicyclic amines) is 1. The zero-order valence-electron chi connectivity index (χ0n) is 15.4. The fraction of sp³-hybridized carbons (Fsp3) is 0.286. The third kappa shape index (κ3) is 3.87. The van der Waals surface area contributed by atoms with Gasteiger partial charge in [-0.3, -0.25) is 14.6 Å². The standard InChI is InChI=1S/C21H20ClN3O3/c1-13(19-9-14-8-16(22)5-6-18(14)28-19)24-21(27)15-10-20(26)25(11-15)12-17-4-2-3-7-23-17/h2-9,13,15H,10-12H2,1H3,(H,24,27)/t13-,15+/m0/s1. The second-order valence-electron chi connectivity index (χ2n) is 7.06. The number of rotatable bonds is 5. The van der Waals surface area contributed by atoms with E-state index in [0.29, 0.717) is 23.9 Å². The number of hydrogen-bond donors (Lipinski definition) is 1. The van der Waals surface area contributed by atoms with Gasteiger partial charge in [-0.2, -0.15) is 0 Å². The van der Waals surface area contributed by atoms with Crippen molar-refractivity contribution < 1.29 is 14.0 Å². The zero-order valence-corrected chi connectivity index (χ0v) is 16.1. The lowest BCUT2D eigenvalue weighted by molar-refractivity contribution is -0.129. The highest BCUT2D eigenvalue weighted by Gasteiger charge is 2.35. The number of carbonyl (C=O) groups is 2. The molecule has 1 N–H and O–H groups in total. The number of benzene rings is 1. The van der Waals surface area contributed by atoms with E-state index in [2.05, 4.69) is 10.3 Å². The fourth-order valence-electron chi connectivity index (χ4n) is 3.44. The summed E-state index contributed by atoms with van der Waals surface area (Å²) in [5.74, 6) is 0.0949. The summed E-state index contributed by atoms with van der Waals surface area (Å²) in [5, 5.41) is 4.48. The highest BCUT2D eigenvalue weighted by atomic mass is 35.5. The van der Waals surface area contributed by atoms with Crippen LogP contribution in [-0.2, 0) is 16.1 Å². The number of carbonyl (C=O) groups excluding carboxylic acids is 2. The molecule has 0 saturated carbocycles. The first-order valence-electron chi connectivity index (χ1n) is 9.16. The highest BCUT2D eigenvalue weighted by Crippen LogP contribution is 2.27. The van der Waals surface area contributed by atoms with Crippen LogP contribution in [0.4, 0.5) is 0 Å². The molecule has 2 aromatic heterocycles. The Morgan fingerprint density at radius 2 is 2.21 bits per heavy atom. The van der Waals surface area contributed by atoms with Crippen LogP contribution in [0.15, 0.2) is 53.1 Å². The second kappa shape index (κ2) is 7.64. The number of pyridine rings is 1. The van der Waals surface area contributed by atoms with Crippen LogP contribution in [0.3, 0.4) is 0 Å². The Bertz CT molecular complexity index is 1020. The van der Waals surface area contributed by atoms with E-state index in [1.165, 1.54) is 0 Å². The molecule has 1 aliphatic rings. The average molecular weight is 398 g/mol. The van der Waals surface area contributed by atoms with Crippen molar-refractivity contribution >= 4 is 34.4 Å². The number of fused-ring (bicyclic) bond motifs is 1. The van der Waals surface area contributed by atoms with Crippen molar-refractivity contribution in [3.05, 3.63) is 65.1 Å². The van der Waals surface area contributed by atoms with Crippen molar-refractivity contribution in [2.45, 2.75) is 25.9 Å². The lowest BCUT2D eigenvalue weighted by atomic mass is 10.1. The molecule has 6 nitrogen and oxygen atoms in total. The van der Waals surface area contributed by atoms with Crippen LogP contribution >= 0.6 is 11.6 Å². The lowest BCUT2D eigenvalue weighted by Gasteiger charge is -2.17. The van der Waals surface area contributed by atoms with Gasteiger partial charge in [0.2, 0.25) is 11.8 Å². The zero-order chi connectivity index (χ0) is 19.7. The molecule has 28 heavy (non-hydrogen) atoms. The van der Waals surface area contributed by atoms with Gasteiger partial charge in [0.15, 0.2) is 0 Å². The van der Waals surface area contributed by atoms with Gasteiger partial charge in [0.1, 0.15) is 11.3 Å². The third-order valence-electron chi connectivity index (χ3n) is 4.95. The molecule has 0 unspecified atom stereocenters. The Morgan fingerprint density at radius 1 is 1.36 bits per heavy atom. The van der Waals surface area contributed by atoms with Crippen molar-refractivity contribution in [2.75, 3.05) is 6.54 Å². The van der Waals surface area contributed by atoms with Gasteiger partial charge in [-0.15, -0.1) is 0 Å². The van der Waals surface area contributed by atoms with Crippen LogP contribution in [0.2, 0.25) is 5.02 Å². The van der Waals surface area contributed by atoms with Gasteiger partial charge in [0, 0.05) is 29.6 Å². The highest BCUT2D eigenvalue weighted by molar-refractivity contribution is 6.31. The number of nitrogens with one attached hydrogen (secondary N) is 1. The molecule has 1 aliphatic heterocycles. The Morgan fingerprint density at radius 3 is 3.00 bits per heavy atom. The number of hydrogen-bond acceptors (Lipinski definition) is 4. The van der Waals surface area contributed by atoms with E-state index in [0.717, 1.165) is 16.7 Å². The van der Waals surface area contributed by atoms with Crippen molar-refractivity contribution in [3.63, 3.8) is 0 Å². The van der Waals surface area contributed by atoms with Crippen LogP contribution in [0.5, 0.6) is 0 Å². The van der Waals surface area contributed by atoms with Gasteiger partial charge < -0.3 is 14.6 Å². The molecule has 3 heterocycles. The number of aromatic nitrogens is 1. The van der Waals surface area contributed by atoms with Crippen molar-refractivity contribution in [1.29, 1.82) is 0 Å². The molecule has 0 bridgehead atoms. The molecule has 1 saturated heterocycles. The summed E-state index contributed by atoms with van der Waals surface area (Å²) in [4.78, 5) is 30.9. The largest absolute Gasteiger partial charge is 0.459 e. The minimum absolute atomic E-state index is 0.0307. The van der Waals surface area contributed by atoms with Crippen LogP contribution in [0, 0.1) is 5.92 Å². The Labute approximate surface area is 167 Å². The van der Waals surface area contributed by atoms with Crippen LogP contribution < -0.4 is 5.32 Å². The summed E-state index contributed by atoms with van der Waals surface area (Å²) >= 11 is 6.01. The van der Waals surface area contributed by atoms with Gasteiger partial charge in [0.25, 0.3) is 0 Å². The lowest BCUT2D eigenvalue weighted by Crippen LogP contribution is -2.34. The van der Waals surface area contributed by atoms with E-state index in [1.807, 2.05) is 37.3 Å². The molecule has 0 spiro atoms. The third-order valence-corrected chi connectivity index (χ3v) is 5.18. The predicted molar refractivity (Wildman–Crippen MR) is 106 cm³/mol. The van der Waals surface area contributed by atoms with Gasteiger partial charge in [-0.25, -0.2) is 0 Å². The first-order valence-corrected chi connectivity index (χ1v) is 9.54. The van der Waals surface area contributed by atoms with Crippen molar-refractivity contribution in [2.24, 2.45) is 5.92 Å². The maximum Gasteiger partial charge on any atom is 0.226 e. The maximum atomic E-state index is 12.7. The Kier molecular flexibility index (Phi) is 5.05. The molecular weight excluding hydrogens is 378 g/mol. The number of furan rings is 1. The number of nitrogens with zero attached hydrogens (tertiary/aromatic N) is 2. The summed E-state index contributed by atoms with van der Waals surface area (Å²) in [6, 6.07) is 12.5. The summed E-state index contributed by atoms with van der Waals surface area (Å²) in [6.07, 6.45) is 1.91. The van der Waals surface area contributed by atoms with E-state index in [-0.39, 0.29) is 30.2 Å². The maximum absolute atomic E-state index is 12.7. The van der Waals surface area contributed by atoms with E-state index in [4.69, 9.17) is 16.0 Å². The van der Waals surface area contributed by atoms with Crippen molar-refractivity contribution in [3.8, 4) is 0 Å². The van der Waals surface area contributed by atoms with E-state index >= 15 is 0 Å². The molecule has 7 heteroatoms.